The van der Waals surface area contributed by atoms with E-state index in [1.54, 1.807) is 7.11 Å². The Kier molecular flexibility index (Phi) is 3.40. The second-order valence-electron chi connectivity index (χ2n) is 4.85. The van der Waals surface area contributed by atoms with Crippen molar-refractivity contribution in [3.8, 4) is 5.75 Å². The number of thiophene rings is 1. The zero-order valence-corrected chi connectivity index (χ0v) is 13.3. The molecule has 1 aromatic carbocycles. The molecule has 20 heavy (non-hydrogen) atoms. The zero-order valence-electron chi connectivity index (χ0n) is 11.7. The molecule has 0 aliphatic heterocycles. The van der Waals surface area contributed by atoms with Crippen molar-refractivity contribution in [3.05, 3.63) is 44.4 Å². The first-order chi connectivity index (χ1) is 9.58. The van der Waals surface area contributed by atoms with Crippen LogP contribution in [0.5, 0.6) is 5.75 Å². The molecule has 3 nitrogen and oxygen atoms in total. The average Bonchev–Trinajstić information content (AvgIpc) is 2.90. The first-order valence-electron chi connectivity index (χ1n) is 6.41. The van der Waals surface area contributed by atoms with Gasteiger partial charge in [-0.05, 0) is 49.8 Å². The zero-order chi connectivity index (χ0) is 14.3. The van der Waals surface area contributed by atoms with Gasteiger partial charge in [0.2, 0.25) is 0 Å². The number of hydrogen-bond acceptors (Lipinski definition) is 3. The standard InChI is InChI=1S/C15H16N2OS2/c1-9-6-12(20-10(9)2)8-17-14-7-11(18-3)4-5-13(14)16-15(17)19/h4-7H,8H2,1-3H3,(H,16,19). The van der Waals surface area contributed by atoms with Gasteiger partial charge in [0.05, 0.1) is 24.7 Å². The minimum Gasteiger partial charge on any atom is -0.497 e. The lowest BCUT2D eigenvalue weighted by molar-refractivity contribution is 0.415. The molecule has 0 bridgehead atoms. The Bertz CT molecular complexity index is 807. The fourth-order valence-corrected chi connectivity index (χ4v) is 3.62. The van der Waals surface area contributed by atoms with Gasteiger partial charge in [-0.2, -0.15) is 0 Å². The van der Waals surface area contributed by atoms with Crippen LogP contribution in [-0.4, -0.2) is 16.7 Å². The summed E-state index contributed by atoms with van der Waals surface area (Å²) in [7, 11) is 1.68. The lowest BCUT2D eigenvalue weighted by Crippen LogP contribution is -1.97. The maximum Gasteiger partial charge on any atom is 0.178 e. The fourth-order valence-electron chi connectivity index (χ4n) is 2.30. The van der Waals surface area contributed by atoms with Crippen LogP contribution in [-0.2, 0) is 6.54 Å². The number of H-pyrrole nitrogens is 1. The van der Waals surface area contributed by atoms with E-state index in [2.05, 4.69) is 29.5 Å². The van der Waals surface area contributed by atoms with Crippen LogP contribution >= 0.6 is 23.6 Å². The molecule has 104 valence electrons. The van der Waals surface area contributed by atoms with Gasteiger partial charge < -0.3 is 14.3 Å². The molecule has 0 spiro atoms. The highest BCUT2D eigenvalue weighted by Gasteiger charge is 2.08. The van der Waals surface area contributed by atoms with Crippen molar-refractivity contribution in [3.63, 3.8) is 0 Å². The Morgan fingerprint density at radius 1 is 1.30 bits per heavy atom. The van der Waals surface area contributed by atoms with E-state index in [1.165, 1.54) is 15.3 Å². The molecule has 0 unspecified atom stereocenters. The van der Waals surface area contributed by atoms with Crippen molar-refractivity contribution in [2.45, 2.75) is 20.4 Å². The van der Waals surface area contributed by atoms with Crippen LogP contribution in [0.2, 0.25) is 0 Å². The molecule has 3 rings (SSSR count). The maximum absolute atomic E-state index is 5.44. The highest BCUT2D eigenvalue weighted by Crippen LogP contribution is 2.25. The molecule has 3 aromatic rings. The molecular weight excluding hydrogens is 288 g/mol. The summed E-state index contributed by atoms with van der Waals surface area (Å²) in [5.41, 5.74) is 3.47. The minimum absolute atomic E-state index is 0.747. The SMILES string of the molecule is COc1ccc2[nH]c(=S)n(Cc3cc(C)c(C)s3)c2c1. The second kappa shape index (κ2) is 5.07. The smallest absolute Gasteiger partial charge is 0.178 e. The Balaban J connectivity index is 2.10. The highest BCUT2D eigenvalue weighted by atomic mass is 32.1. The summed E-state index contributed by atoms with van der Waals surface area (Å²) in [6.07, 6.45) is 0. The maximum atomic E-state index is 5.44. The van der Waals surface area contributed by atoms with Crippen molar-refractivity contribution in [2.75, 3.05) is 7.11 Å². The number of fused-ring (bicyclic) bond motifs is 1. The monoisotopic (exact) mass is 304 g/mol. The summed E-state index contributed by atoms with van der Waals surface area (Å²) in [6.45, 7) is 5.10. The van der Waals surface area contributed by atoms with E-state index in [-0.39, 0.29) is 0 Å². The molecule has 0 amide bonds. The van der Waals surface area contributed by atoms with E-state index >= 15 is 0 Å². The Labute approximate surface area is 126 Å². The number of hydrogen-bond donors (Lipinski definition) is 1. The van der Waals surface area contributed by atoms with Crippen LogP contribution in [0.15, 0.2) is 24.3 Å². The molecule has 0 atom stereocenters. The molecule has 0 radical (unpaired) electrons. The number of benzene rings is 1. The lowest BCUT2D eigenvalue weighted by Gasteiger charge is -2.04. The number of methoxy groups -OCH3 is 1. The number of nitrogens with one attached hydrogen (secondary N) is 1. The molecule has 0 fully saturated rings. The molecule has 0 saturated heterocycles. The summed E-state index contributed by atoms with van der Waals surface area (Å²) in [5, 5.41) is 0. The van der Waals surface area contributed by atoms with Crippen LogP contribution in [0.4, 0.5) is 0 Å². The summed E-state index contributed by atoms with van der Waals surface area (Å²) in [4.78, 5) is 5.93. The normalized spacial score (nSPS) is 11.2. The number of nitrogens with zero attached hydrogens (tertiary/aromatic N) is 1. The molecule has 2 aromatic heterocycles. The number of imidazole rings is 1. The molecule has 0 aliphatic carbocycles. The van der Waals surface area contributed by atoms with E-state index in [0.717, 1.165) is 28.1 Å². The number of rotatable bonds is 3. The third-order valence-electron chi connectivity index (χ3n) is 3.51. The van der Waals surface area contributed by atoms with Crippen LogP contribution in [0.25, 0.3) is 11.0 Å². The molecule has 0 saturated carbocycles. The van der Waals surface area contributed by atoms with E-state index in [0.29, 0.717) is 0 Å². The predicted molar refractivity (Wildman–Crippen MR) is 86.6 cm³/mol. The van der Waals surface area contributed by atoms with E-state index < -0.39 is 0 Å². The van der Waals surface area contributed by atoms with Gasteiger partial charge in [-0.1, -0.05) is 0 Å². The number of aromatic nitrogens is 2. The van der Waals surface area contributed by atoms with Gasteiger partial charge in [-0.25, -0.2) is 0 Å². The quantitative estimate of drug-likeness (QED) is 0.725. The Morgan fingerprint density at radius 3 is 2.75 bits per heavy atom. The van der Waals surface area contributed by atoms with Gasteiger partial charge in [0.25, 0.3) is 0 Å². The second-order valence-corrected chi connectivity index (χ2v) is 6.58. The number of aryl methyl sites for hydroxylation is 2. The molecule has 0 aliphatic rings. The van der Waals surface area contributed by atoms with Crippen molar-refractivity contribution in [1.82, 2.24) is 9.55 Å². The van der Waals surface area contributed by atoms with Gasteiger partial charge >= 0.3 is 0 Å². The van der Waals surface area contributed by atoms with Gasteiger partial charge in [0.1, 0.15) is 5.75 Å². The summed E-state index contributed by atoms with van der Waals surface area (Å²) in [6, 6.07) is 8.21. The van der Waals surface area contributed by atoms with Crippen molar-refractivity contribution in [2.24, 2.45) is 0 Å². The minimum atomic E-state index is 0.747. The highest BCUT2D eigenvalue weighted by molar-refractivity contribution is 7.71. The van der Waals surface area contributed by atoms with Crippen LogP contribution in [0.1, 0.15) is 15.3 Å². The van der Waals surface area contributed by atoms with Crippen LogP contribution < -0.4 is 4.74 Å². The van der Waals surface area contributed by atoms with E-state index in [4.69, 9.17) is 17.0 Å². The van der Waals surface area contributed by atoms with Gasteiger partial charge in [-0.15, -0.1) is 11.3 Å². The summed E-state index contributed by atoms with van der Waals surface area (Å²) in [5.74, 6) is 0.846. The molecule has 5 heteroatoms. The Morgan fingerprint density at radius 2 is 2.10 bits per heavy atom. The number of aromatic amines is 1. The predicted octanol–water partition coefficient (Wildman–Crippen LogP) is 4.43. The van der Waals surface area contributed by atoms with Crippen molar-refractivity contribution >= 4 is 34.6 Å². The third-order valence-corrected chi connectivity index (χ3v) is 4.97. The Hall–Kier alpha value is -1.59. The first kappa shape index (κ1) is 13.4. The largest absolute Gasteiger partial charge is 0.497 e. The van der Waals surface area contributed by atoms with E-state index in [9.17, 15) is 0 Å². The van der Waals surface area contributed by atoms with Crippen LogP contribution in [0.3, 0.4) is 0 Å². The molecule has 2 heterocycles. The van der Waals surface area contributed by atoms with Crippen LogP contribution in [0, 0.1) is 18.6 Å². The molecule has 1 N–H and O–H groups in total. The molecular formula is C15H16N2OS2. The topological polar surface area (TPSA) is 29.9 Å². The summed E-state index contributed by atoms with van der Waals surface area (Å²) < 4.78 is 8.17. The van der Waals surface area contributed by atoms with Crippen molar-refractivity contribution < 1.29 is 4.74 Å². The fraction of sp³-hybridized carbons (Fsp3) is 0.267. The van der Waals surface area contributed by atoms with Gasteiger partial charge in [-0.3, -0.25) is 0 Å². The van der Waals surface area contributed by atoms with Crippen molar-refractivity contribution in [1.29, 1.82) is 0 Å². The lowest BCUT2D eigenvalue weighted by atomic mass is 10.2. The number of ether oxygens (including phenoxy) is 1. The average molecular weight is 304 g/mol. The van der Waals surface area contributed by atoms with Gasteiger partial charge in [0, 0.05) is 15.8 Å². The van der Waals surface area contributed by atoms with Gasteiger partial charge in [0.15, 0.2) is 4.77 Å². The third kappa shape index (κ3) is 2.27. The first-order valence-corrected chi connectivity index (χ1v) is 7.63. The summed E-state index contributed by atoms with van der Waals surface area (Å²) >= 11 is 7.27. The van der Waals surface area contributed by atoms with E-state index in [1.807, 2.05) is 29.5 Å².